The van der Waals surface area contributed by atoms with Crippen molar-refractivity contribution in [2.45, 2.75) is 63.8 Å². The van der Waals surface area contributed by atoms with Crippen molar-refractivity contribution in [3.05, 3.63) is 11.6 Å². The predicted molar refractivity (Wildman–Crippen MR) is 71.9 cm³/mol. The molecule has 2 aliphatic rings. The van der Waals surface area contributed by atoms with Crippen LogP contribution in [0, 0.1) is 5.92 Å². The second-order valence-electron chi connectivity index (χ2n) is 5.98. The fourth-order valence-electron chi connectivity index (χ4n) is 2.94. The predicted octanol–water partition coefficient (Wildman–Crippen LogP) is 2.38. The number of H-pyrrole nitrogens is 1. The maximum Gasteiger partial charge on any atom is 0.291 e. The van der Waals surface area contributed by atoms with E-state index < -0.39 is 0 Å². The summed E-state index contributed by atoms with van der Waals surface area (Å²) in [6.45, 7) is 2.10. The van der Waals surface area contributed by atoms with E-state index in [2.05, 4.69) is 27.4 Å². The van der Waals surface area contributed by atoms with E-state index in [0.29, 0.717) is 17.7 Å². The highest BCUT2D eigenvalue weighted by Gasteiger charge is 2.29. The highest BCUT2D eigenvalue weighted by Crippen LogP contribution is 2.37. The number of aromatic amines is 1. The Bertz CT molecular complexity index is 446. The number of nitrogens with zero attached hydrogens (tertiary/aromatic N) is 2. The van der Waals surface area contributed by atoms with Crippen LogP contribution < -0.4 is 5.32 Å². The molecule has 1 unspecified atom stereocenters. The van der Waals surface area contributed by atoms with E-state index in [1.54, 1.807) is 0 Å². The molecule has 1 aromatic heterocycles. The number of aromatic nitrogens is 3. The minimum Gasteiger partial charge on any atom is -0.347 e. The molecule has 0 spiro atoms. The minimum absolute atomic E-state index is 0.138. The zero-order valence-corrected chi connectivity index (χ0v) is 11.5. The maximum absolute atomic E-state index is 12.1. The summed E-state index contributed by atoms with van der Waals surface area (Å²) in [4.78, 5) is 16.4. The molecule has 104 valence electrons. The van der Waals surface area contributed by atoms with Crippen LogP contribution in [-0.2, 0) is 0 Å². The summed E-state index contributed by atoms with van der Waals surface area (Å²) in [7, 11) is 0. The van der Waals surface area contributed by atoms with Crippen LogP contribution in [0.25, 0.3) is 0 Å². The van der Waals surface area contributed by atoms with Crippen LogP contribution in [0.1, 0.15) is 74.2 Å². The molecule has 0 aliphatic heterocycles. The maximum atomic E-state index is 12.1. The molecule has 5 nitrogen and oxygen atoms in total. The van der Waals surface area contributed by atoms with E-state index in [1.807, 2.05) is 0 Å². The summed E-state index contributed by atoms with van der Waals surface area (Å²) in [5, 5.41) is 9.96. The largest absolute Gasteiger partial charge is 0.347 e. The van der Waals surface area contributed by atoms with Gasteiger partial charge in [0.05, 0.1) is 0 Å². The third-order valence-corrected chi connectivity index (χ3v) is 4.39. The number of rotatable bonds is 4. The molecule has 0 radical (unpaired) electrons. The lowest BCUT2D eigenvalue weighted by molar-refractivity contribution is 0.0909. The Morgan fingerprint density at radius 2 is 2.00 bits per heavy atom. The van der Waals surface area contributed by atoms with Crippen LogP contribution in [0.5, 0.6) is 0 Å². The van der Waals surface area contributed by atoms with Crippen molar-refractivity contribution in [1.29, 1.82) is 0 Å². The summed E-state index contributed by atoms with van der Waals surface area (Å²) in [5.74, 6) is 2.14. The second kappa shape index (κ2) is 5.31. The molecule has 19 heavy (non-hydrogen) atoms. The first-order valence-corrected chi connectivity index (χ1v) is 7.47. The Kier molecular flexibility index (Phi) is 3.53. The van der Waals surface area contributed by atoms with Crippen molar-refractivity contribution in [1.82, 2.24) is 20.5 Å². The van der Waals surface area contributed by atoms with E-state index in [0.717, 1.165) is 18.7 Å². The fraction of sp³-hybridized carbons (Fsp3) is 0.786. The Morgan fingerprint density at radius 1 is 1.26 bits per heavy atom. The second-order valence-corrected chi connectivity index (χ2v) is 5.98. The number of amides is 1. The molecule has 0 aromatic carbocycles. The highest BCUT2D eigenvalue weighted by atomic mass is 16.2. The number of nitrogens with one attached hydrogen (secondary N) is 2. The lowest BCUT2D eigenvalue weighted by atomic mass is 9.84. The van der Waals surface area contributed by atoms with Gasteiger partial charge in [-0.2, -0.15) is 0 Å². The van der Waals surface area contributed by atoms with Crippen molar-refractivity contribution < 1.29 is 4.79 Å². The van der Waals surface area contributed by atoms with E-state index in [-0.39, 0.29) is 11.9 Å². The normalized spacial score (nSPS) is 22.2. The summed E-state index contributed by atoms with van der Waals surface area (Å²) in [6.07, 6.45) is 8.69. The van der Waals surface area contributed by atoms with Crippen molar-refractivity contribution in [2.75, 3.05) is 0 Å². The molecule has 2 fully saturated rings. The smallest absolute Gasteiger partial charge is 0.291 e. The number of carbonyl (C=O) groups is 1. The highest BCUT2D eigenvalue weighted by molar-refractivity contribution is 5.90. The molecule has 3 rings (SSSR count). The zero-order valence-electron chi connectivity index (χ0n) is 11.5. The Morgan fingerprint density at radius 3 is 2.68 bits per heavy atom. The Hall–Kier alpha value is -1.39. The van der Waals surface area contributed by atoms with E-state index >= 15 is 0 Å². The van der Waals surface area contributed by atoms with E-state index in [4.69, 9.17) is 0 Å². The van der Waals surface area contributed by atoms with Crippen molar-refractivity contribution in [3.8, 4) is 0 Å². The van der Waals surface area contributed by atoms with Gasteiger partial charge in [-0.1, -0.05) is 19.3 Å². The van der Waals surface area contributed by atoms with Crippen LogP contribution >= 0.6 is 0 Å². The lowest BCUT2D eigenvalue weighted by Gasteiger charge is -2.27. The van der Waals surface area contributed by atoms with Gasteiger partial charge in [-0.15, -0.1) is 5.10 Å². The Balaban J connectivity index is 1.56. The number of carbonyl (C=O) groups excluding carboxylic acids is 1. The molecule has 2 aliphatic carbocycles. The molecule has 1 heterocycles. The first-order valence-electron chi connectivity index (χ1n) is 7.47. The quantitative estimate of drug-likeness (QED) is 0.875. The number of hydrogen-bond donors (Lipinski definition) is 2. The van der Waals surface area contributed by atoms with Crippen LogP contribution in [0.4, 0.5) is 0 Å². The standard InChI is InChI=1S/C14H22N4O/c1-9(10-5-3-2-4-6-10)15-14(19)13-16-12(17-18-13)11-7-8-11/h9-11H,2-8H2,1H3,(H,15,19)(H,16,17,18). The summed E-state index contributed by atoms with van der Waals surface area (Å²) in [6, 6.07) is 0.218. The van der Waals surface area contributed by atoms with Crippen LogP contribution in [0.3, 0.4) is 0 Å². The van der Waals surface area contributed by atoms with Crippen LogP contribution in [-0.4, -0.2) is 27.1 Å². The first kappa shape index (κ1) is 12.6. The average molecular weight is 262 g/mol. The van der Waals surface area contributed by atoms with Gasteiger partial charge >= 0.3 is 0 Å². The monoisotopic (exact) mass is 262 g/mol. The molecule has 0 bridgehead atoms. The third kappa shape index (κ3) is 2.96. The molecule has 2 saturated carbocycles. The molecular weight excluding hydrogens is 240 g/mol. The third-order valence-electron chi connectivity index (χ3n) is 4.39. The topological polar surface area (TPSA) is 70.7 Å². The fourth-order valence-corrected chi connectivity index (χ4v) is 2.94. The van der Waals surface area contributed by atoms with Gasteiger partial charge in [-0.3, -0.25) is 9.89 Å². The SMILES string of the molecule is CC(NC(=O)c1n[nH]c(C2CC2)n1)C1CCCCC1. The van der Waals surface area contributed by atoms with Crippen molar-refractivity contribution in [3.63, 3.8) is 0 Å². The minimum atomic E-state index is -0.138. The molecule has 2 N–H and O–H groups in total. The Labute approximate surface area is 113 Å². The zero-order chi connectivity index (χ0) is 13.2. The molecule has 1 amide bonds. The van der Waals surface area contributed by atoms with E-state index in [9.17, 15) is 4.79 Å². The lowest BCUT2D eigenvalue weighted by Crippen LogP contribution is -2.39. The van der Waals surface area contributed by atoms with Gasteiger partial charge in [-0.05, 0) is 38.5 Å². The van der Waals surface area contributed by atoms with E-state index in [1.165, 1.54) is 32.1 Å². The molecule has 0 saturated heterocycles. The van der Waals surface area contributed by atoms with Crippen molar-refractivity contribution in [2.24, 2.45) is 5.92 Å². The number of hydrogen-bond acceptors (Lipinski definition) is 3. The molecule has 1 aromatic rings. The summed E-state index contributed by atoms with van der Waals surface area (Å²) in [5.41, 5.74) is 0. The van der Waals surface area contributed by atoms with Gasteiger partial charge in [-0.25, -0.2) is 4.98 Å². The van der Waals surface area contributed by atoms with Gasteiger partial charge in [0.2, 0.25) is 5.82 Å². The van der Waals surface area contributed by atoms with Gasteiger partial charge < -0.3 is 5.32 Å². The first-order chi connectivity index (χ1) is 9.24. The molecule has 1 atom stereocenters. The van der Waals surface area contributed by atoms with Gasteiger partial charge in [0.15, 0.2) is 0 Å². The van der Waals surface area contributed by atoms with Gasteiger partial charge in [0.1, 0.15) is 5.82 Å². The van der Waals surface area contributed by atoms with Gasteiger partial charge in [0, 0.05) is 12.0 Å². The molecular formula is C14H22N4O. The van der Waals surface area contributed by atoms with Gasteiger partial charge in [0.25, 0.3) is 5.91 Å². The summed E-state index contributed by atoms with van der Waals surface area (Å²) >= 11 is 0. The van der Waals surface area contributed by atoms with Crippen LogP contribution in [0.15, 0.2) is 0 Å². The average Bonchev–Trinajstić information content (AvgIpc) is 3.17. The summed E-state index contributed by atoms with van der Waals surface area (Å²) < 4.78 is 0. The van der Waals surface area contributed by atoms with Crippen molar-refractivity contribution >= 4 is 5.91 Å². The van der Waals surface area contributed by atoms with Crippen LogP contribution in [0.2, 0.25) is 0 Å². The molecule has 5 heteroatoms.